The van der Waals surface area contributed by atoms with Gasteiger partial charge in [0.15, 0.2) is 15.1 Å². The summed E-state index contributed by atoms with van der Waals surface area (Å²) in [5.41, 5.74) is 0. The standard InChI is InChI=1S/C9H14O6S/c1-15-7(10)4-5-16(13,14)8(9(11)12)6-2-3-6/h6,8H,2-5H2,1H3,(H,11,12). The summed E-state index contributed by atoms with van der Waals surface area (Å²) >= 11 is 0. The molecule has 0 aromatic heterocycles. The van der Waals surface area contributed by atoms with Crippen LogP contribution < -0.4 is 0 Å². The van der Waals surface area contributed by atoms with E-state index in [1.54, 1.807) is 0 Å². The Morgan fingerprint density at radius 3 is 2.38 bits per heavy atom. The van der Waals surface area contributed by atoms with E-state index in [0.717, 1.165) is 7.11 Å². The van der Waals surface area contributed by atoms with Crippen LogP contribution in [0, 0.1) is 5.92 Å². The van der Waals surface area contributed by atoms with E-state index in [1.165, 1.54) is 0 Å². The molecule has 1 rings (SSSR count). The van der Waals surface area contributed by atoms with Crippen molar-refractivity contribution in [3.8, 4) is 0 Å². The third kappa shape index (κ3) is 3.19. The van der Waals surface area contributed by atoms with E-state index < -0.39 is 32.8 Å². The predicted octanol–water partition coefficient (Wildman–Crippen LogP) is -0.173. The monoisotopic (exact) mass is 250 g/mol. The Morgan fingerprint density at radius 1 is 1.44 bits per heavy atom. The van der Waals surface area contributed by atoms with Crippen molar-refractivity contribution >= 4 is 21.8 Å². The SMILES string of the molecule is COC(=O)CCS(=O)(=O)C(C(=O)O)C1CC1. The van der Waals surface area contributed by atoms with Crippen LogP contribution >= 0.6 is 0 Å². The number of ether oxygens (including phenoxy) is 1. The topological polar surface area (TPSA) is 97.7 Å². The van der Waals surface area contributed by atoms with Crippen molar-refractivity contribution in [1.82, 2.24) is 0 Å². The quantitative estimate of drug-likeness (QED) is 0.657. The molecule has 1 fully saturated rings. The number of carboxylic acids is 1. The van der Waals surface area contributed by atoms with Crippen LogP contribution in [0.5, 0.6) is 0 Å². The minimum atomic E-state index is -3.76. The maximum Gasteiger partial charge on any atom is 0.322 e. The highest BCUT2D eigenvalue weighted by Gasteiger charge is 2.44. The summed E-state index contributed by atoms with van der Waals surface area (Å²) in [5, 5.41) is 7.48. The lowest BCUT2D eigenvalue weighted by atomic mass is 10.3. The van der Waals surface area contributed by atoms with E-state index in [4.69, 9.17) is 5.11 Å². The van der Waals surface area contributed by atoms with Gasteiger partial charge in [-0.05, 0) is 18.8 Å². The molecule has 0 aromatic rings. The van der Waals surface area contributed by atoms with Gasteiger partial charge in [-0.25, -0.2) is 8.42 Å². The van der Waals surface area contributed by atoms with Gasteiger partial charge in [0.05, 0.1) is 19.3 Å². The molecule has 0 aromatic carbocycles. The van der Waals surface area contributed by atoms with Crippen molar-refractivity contribution in [3.05, 3.63) is 0 Å². The van der Waals surface area contributed by atoms with Gasteiger partial charge in [-0.3, -0.25) is 9.59 Å². The molecule has 0 spiro atoms. The highest BCUT2D eigenvalue weighted by atomic mass is 32.2. The number of sulfone groups is 1. The second-order valence-corrected chi connectivity index (χ2v) is 6.03. The maximum absolute atomic E-state index is 11.7. The second-order valence-electron chi connectivity index (χ2n) is 3.79. The molecule has 7 heteroatoms. The number of esters is 1. The minimum absolute atomic E-state index is 0.292. The Kier molecular flexibility index (Phi) is 3.90. The van der Waals surface area contributed by atoms with Crippen LogP contribution in [0.4, 0.5) is 0 Å². The molecule has 0 aliphatic heterocycles. The highest BCUT2D eigenvalue weighted by molar-refractivity contribution is 7.92. The Bertz CT molecular complexity index is 381. The van der Waals surface area contributed by atoms with Gasteiger partial charge in [-0.2, -0.15) is 0 Å². The molecule has 0 heterocycles. The summed E-state index contributed by atoms with van der Waals surface area (Å²) < 4.78 is 27.7. The Balaban J connectivity index is 2.67. The summed E-state index contributed by atoms with van der Waals surface area (Å²) in [6.45, 7) is 0. The molecule has 1 atom stereocenters. The van der Waals surface area contributed by atoms with Gasteiger partial charge >= 0.3 is 11.9 Å². The van der Waals surface area contributed by atoms with Crippen LogP contribution in [0.25, 0.3) is 0 Å². The number of carbonyl (C=O) groups is 2. The summed E-state index contributed by atoms with van der Waals surface area (Å²) in [6.07, 6.45) is 0.943. The number of methoxy groups -OCH3 is 1. The fourth-order valence-electron chi connectivity index (χ4n) is 1.50. The second kappa shape index (κ2) is 4.82. The maximum atomic E-state index is 11.7. The minimum Gasteiger partial charge on any atom is -0.480 e. The number of hydrogen-bond acceptors (Lipinski definition) is 5. The van der Waals surface area contributed by atoms with Crippen molar-refractivity contribution in [2.75, 3.05) is 12.9 Å². The third-order valence-corrected chi connectivity index (χ3v) is 4.63. The molecule has 1 aliphatic rings. The lowest BCUT2D eigenvalue weighted by molar-refractivity contribution is -0.140. The number of carbonyl (C=O) groups excluding carboxylic acids is 1. The van der Waals surface area contributed by atoms with Crippen molar-refractivity contribution in [3.63, 3.8) is 0 Å². The predicted molar refractivity (Wildman–Crippen MR) is 54.6 cm³/mol. The summed E-state index contributed by atoms with van der Waals surface area (Å²) in [7, 11) is -2.61. The first-order valence-electron chi connectivity index (χ1n) is 4.89. The number of carboxylic acid groups (broad SMARTS) is 1. The number of hydrogen-bond donors (Lipinski definition) is 1. The van der Waals surface area contributed by atoms with Crippen LogP contribution in [-0.4, -0.2) is 43.6 Å². The molecule has 16 heavy (non-hydrogen) atoms. The zero-order chi connectivity index (χ0) is 12.3. The van der Waals surface area contributed by atoms with Crippen molar-refractivity contribution < 1.29 is 27.9 Å². The first-order valence-corrected chi connectivity index (χ1v) is 6.61. The van der Waals surface area contributed by atoms with E-state index in [2.05, 4.69) is 4.74 Å². The van der Waals surface area contributed by atoms with Gasteiger partial charge in [0, 0.05) is 0 Å². The lowest BCUT2D eigenvalue weighted by Gasteiger charge is -2.11. The molecule has 1 N–H and O–H groups in total. The van der Waals surface area contributed by atoms with E-state index in [-0.39, 0.29) is 12.3 Å². The van der Waals surface area contributed by atoms with Crippen LogP contribution in [-0.2, 0) is 24.2 Å². The van der Waals surface area contributed by atoms with E-state index in [0.29, 0.717) is 12.8 Å². The Labute approximate surface area is 93.5 Å². The van der Waals surface area contributed by atoms with E-state index >= 15 is 0 Å². The molecule has 1 aliphatic carbocycles. The zero-order valence-corrected chi connectivity index (χ0v) is 9.70. The average molecular weight is 250 g/mol. The van der Waals surface area contributed by atoms with Crippen molar-refractivity contribution in [1.29, 1.82) is 0 Å². The summed E-state index contributed by atoms with van der Waals surface area (Å²) in [6, 6.07) is 0. The van der Waals surface area contributed by atoms with Gasteiger partial charge < -0.3 is 9.84 Å². The normalized spacial score (nSPS) is 17.8. The third-order valence-electron chi connectivity index (χ3n) is 2.50. The zero-order valence-electron chi connectivity index (χ0n) is 8.88. The average Bonchev–Trinajstić information content (AvgIpc) is 2.97. The molecule has 0 saturated heterocycles. The van der Waals surface area contributed by atoms with Gasteiger partial charge in [0.25, 0.3) is 0 Å². The molecule has 0 amide bonds. The number of aliphatic carboxylic acids is 1. The van der Waals surface area contributed by atoms with Crippen LogP contribution in [0.3, 0.4) is 0 Å². The number of rotatable bonds is 6. The molecular weight excluding hydrogens is 236 g/mol. The largest absolute Gasteiger partial charge is 0.480 e. The molecule has 1 unspecified atom stereocenters. The van der Waals surface area contributed by atoms with Crippen LogP contribution in [0.15, 0.2) is 0 Å². The molecule has 0 bridgehead atoms. The Hall–Kier alpha value is -1.11. The smallest absolute Gasteiger partial charge is 0.322 e. The fourth-order valence-corrected chi connectivity index (χ4v) is 3.37. The first-order chi connectivity index (χ1) is 7.38. The van der Waals surface area contributed by atoms with Crippen molar-refractivity contribution in [2.45, 2.75) is 24.5 Å². The van der Waals surface area contributed by atoms with Gasteiger partial charge in [-0.1, -0.05) is 0 Å². The molecule has 1 saturated carbocycles. The highest BCUT2D eigenvalue weighted by Crippen LogP contribution is 2.36. The van der Waals surface area contributed by atoms with Crippen LogP contribution in [0.2, 0.25) is 0 Å². The van der Waals surface area contributed by atoms with Crippen molar-refractivity contribution in [2.24, 2.45) is 5.92 Å². The van der Waals surface area contributed by atoms with Gasteiger partial charge in [0.2, 0.25) is 0 Å². The molecule has 92 valence electrons. The fraction of sp³-hybridized carbons (Fsp3) is 0.778. The molecule has 0 radical (unpaired) electrons. The summed E-state index contributed by atoms with van der Waals surface area (Å²) in [5.74, 6) is -2.73. The van der Waals surface area contributed by atoms with Gasteiger partial charge in [0.1, 0.15) is 0 Å². The van der Waals surface area contributed by atoms with Crippen LogP contribution in [0.1, 0.15) is 19.3 Å². The molecular formula is C9H14O6S. The van der Waals surface area contributed by atoms with E-state index in [9.17, 15) is 18.0 Å². The summed E-state index contributed by atoms with van der Waals surface area (Å²) in [4.78, 5) is 21.6. The first kappa shape index (κ1) is 13.0. The van der Waals surface area contributed by atoms with E-state index in [1.807, 2.05) is 0 Å². The Morgan fingerprint density at radius 2 is 2.00 bits per heavy atom. The van der Waals surface area contributed by atoms with Gasteiger partial charge in [-0.15, -0.1) is 0 Å². The lowest BCUT2D eigenvalue weighted by Crippen LogP contribution is -2.34. The molecule has 6 nitrogen and oxygen atoms in total.